The zero-order valence-corrected chi connectivity index (χ0v) is 10.8. The maximum atomic E-state index is 5.84. The Labute approximate surface area is 111 Å². The third kappa shape index (κ3) is 1.76. The van der Waals surface area contributed by atoms with Crippen LogP contribution in [0.3, 0.4) is 0 Å². The van der Waals surface area contributed by atoms with Gasteiger partial charge in [-0.3, -0.25) is 0 Å². The smallest absolute Gasteiger partial charge is 0.298 e. The predicted octanol–water partition coefficient (Wildman–Crippen LogP) is 2.03. The number of hydrogen-bond donors (Lipinski definition) is 1. The van der Waals surface area contributed by atoms with Crippen LogP contribution in [0.4, 0.5) is 11.7 Å². The number of piperidine rings is 1. The van der Waals surface area contributed by atoms with E-state index in [2.05, 4.69) is 9.88 Å². The average Bonchev–Trinajstić information content (AvgIpc) is 2.80. The van der Waals surface area contributed by atoms with Crippen LogP contribution in [0.15, 0.2) is 22.6 Å². The fourth-order valence-corrected chi connectivity index (χ4v) is 3.07. The first-order valence-electron chi connectivity index (χ1n) is 6.73. The van der Waals surface area contributed by atoms with Gasteiger partial charge in [-0.1, -0.05) is 0 Å². The van der Waals surface area contributed by atoms with Gasteiger partial charge in [-0.15, -0.1) is 0 Å². The van der Waals surface area contributed by atoms with E-state index in [1.807, 2.05) is 18.2 Å². The molecule has 5 heteroatoms. The number of benzene rings is 1. The van der Waals surface area contributed by atoms with Crippen molar-refractivity contribution >= 4 is 22.8 Å². The maximum Gasteiger partial charge on any atom is 0.298 e. The molecule has 0 unspecified atom stereocenters. The lowest BCUT2D eigenvalue weighted by molar-refractivity contribution is -0.118. The van der Waals surface area contributed by atoms with E-state index in [4.69, 9.17) is 14.9 Å². The molecule has 1 spiro atoms. The van der Waals surface area contributed by atoms with Crippen LogP contribution in [0.2, 0.25) is 0 Å². The van der Waals surface area contributed by atoms with Crippen molar-refractivity contribution in [2.75, 3.05) is 36.9 Å². The maximum absolute atomic E-state index is 5.84. The number of fused-ring (bicyclic) bond motifs is 1. The van der Waals surface area contributed by atoms with Gasteiger partial charge < -0.3 is 19.8 Å². The number of nitrogen functional groups attached to an aromatic ring is 1. The summed E-state index contributed by atoms with van der Waals surface area (Å²) in [5.41, 5.74) is 8.45. The van der Waals surface area contributed by atoms with E-state index < -0.39 is 0 Å². The Kier molecular flexibility index (Phi) is 2.26. The van der Waals surface area contributed by atoms with Crippen molar-refractivity contribution in [2.24, 2.45) is 5.41 Å². The number of ether oxygens (including phenoxy) is 1. The number of anilines is 2. The first-order chi connectivity index (χ1) is 9.24. The molecule has 2 saturated heterocycles. The van der Waals surface area contributed by atoms with Crippen LogP contribution < -0.4 is 10.6 Å². The molecule has 1 aromatic heterocycles. The number of aromatic nitrogens is 1. The molecule has 2 fully saturated rings. The highest BCUT2D eigenvalue weighted by Crippen LogP contribution is 2.38. The molecule has 2 aliphatic heterocycles. The second kappa shape index (κ2) is 3.87. The van der Waals surface area contributed by atoms with E-state index in [-0.39, 0.29) is 0 Å². The molecule has 0 amide bonds. The van der Waals surface area contributed by atoms with Crippen molar-refractivity contribution in [3.8, 4) is 0 Å². The van der Waals surface area contributed by atoms with E-state index in [0.717, 1.165) is 43.1 Å². The van der Waals surface area contributed by atoms with Crippen LogP contribution in [0.5, 0.6) is 0 Å². The molecule has 100 valence electrons. The number of nitrogens with zero attached hydrogens (tertiary/aromatic N) is 2. The molecule has 0 bridgehead atoms. The van der Waals surface area contributed by atoms with Gasteiger partial charge in [-0.25, -0.2) is 0 Å². The summed E-state index contributed by atoms with van der Waals surface area (Å²) in [6.45, 7) is 3.73. The van der Waals surface area contributed by atoms with Gasteiger partial charge in [-0.05, 0) is 31.0 Å². The summed E-state index contributed by atoms with van der Waals surface area (Å²) < 4.78 is 11.2. The monoisotopic (exact) mass is 259 g/mol. The van der Waals surface area contributed by atoms with Crippen LogP contribution in [0.1, 0.15) is 12.8 Å². The number of rotatable bonds is 1. The lowest BCUT2D eigenvalue weighted by atomic mass is 9.78. The summed E-state index contributed by atoms with van der Waals surface area (Å²) >= 11 is 0. The van der Waals surface area contributed by atoms with Gasteiger partial charge in [0.15, 0.2) is 5.58 Å². The first-order valence-corrected chi connectivity index (χ1v) is 6.73. The molecule has 0 aliphatic carbocycles. The van der Waals surface area contributed by atoms with Crippen molar-refractivity contribution in [3.63, 3.8) is 0 Å². The Balaban J connectivity index is 1.66. The van der Waals surface area contributed by atoms with E-state index in [1.54, 1.807) is 0 Å². The van der Waals surface area contributed by atoms with Crippen LogP contribution in [-0.4, -0.2) is 31.3 Å². The zero-order valence-electron chi connectivity index (χ0n) is 10.8. The molecule has 2 aromatic rings. The molecule has 2 aliphatic rings. The van der Waals surface area contributed by atoms with E-state index in [9.17, 15) is 0 Å². The summed E-state index contributed by atoms with van der Waals surface area (Å²) in [4.78, 5) is 6.80. The quantitative estimate of drug-likeness (QED) is 0.794. The lowest BCUT2D eigenvalue weighted by Gasteiger charge is -2.47. The summed E-state index contributed by atoms with van der Waals surface area (Å²) in [6.07, 6.45) is 2.42. The van der Waals surface area contributed by atoms with Gasteiger partial charge in [0.05, 0.1) is 13.2 Å². The van der Waals surface area contributed by atoms with Crippen molar-refractivity contribution in [1.82, 2.24) is 4.98 Å². The van der Waals surface area contributed by atoms with Crippen LogP contribution in [0, 0.1) is 5.41 Å². The minimum Gasteiger partial charge on any atom is -0.423 e. The number of hydrogen-bond acceptors (Lipinski definition) is 5. The molecule has 4 rings (SSSR count). The van der Waals surface area contributed by atoms with Gasteiger partial charge in [0.1, 0.15) is 5.52 Å². The highest BCUT2D eigenvalue weighted by molar-refractivity contribution is 5.78. The highest BCUT2D eigenvalue weighted by atomic mass is 16.5. The molecule has 2 N–H and O–H groups in total. The molecule has 1 aromatic carbocycles. The minimum absolute atomic E-state index is 0.331. The third-order valence-electron chi connectivity index (χ3n) is 4.15. The highest BCUT2D eigenvalue weighted by Gasteiger charge is 2.43. The SMILES string of the molecule is Nc1ccc2oc(N3CCCC4(COC4)C3)nc2c1. The lowest BCUT2D eigenvalue weighted by Crippen LogP contribution is -2.54. The van der Waals surface area contributed by atoms with Crippen molar-refractivity contribution in [1.29, 1.82) is 0 Å². The third-order valence-corrected chi connectivity index (χ3v) is 4.15. The number of nitrogens with two attached hydrogens (primary N) is 1. The minimum atomic E-state index is 0.331. The molecule has 3 heterocycles. The van der Waals surface area contributed by atoms with Gasteiger partial charge in [0.2, 0.25) is 0 Å². The molecule has 0 saturated carbocycles. The first kappa shape index (κ1) is 11.1. The van der Waals surface area contributed by atoms with Gasteiger partial charge in [-0.2, -0.15) is 4.98 Å². The van der Waals surface area contributed by atoms with Crippen LogP contribution in [0.25, 0.3) is 11.1 Å². The van der Waals surface area contributed by atoms with Crippen molar-refractivity contribution in [2.45, 2.75) is 12.8 Å². The molecular formula is C14H17N3O2. The average molecular weight is 259 g/mol. The summed E-state index contributed by atoms with van der Waals surface area (Å²) in [6, 6.07) is 6.29. The van der Waals surface area contributed by atoms with E-state index in [1.165, 1.54) is 12.8 Å². The molecule has 19 heavy (non-hydrogen) atoms. The Morgan fingerprint density at radius 3 is 3.00 bits per heavy atom. The Hall–Kier alpha value is -1.75. The second-order valence-electron chi connectivity index (χ2n) is 5.74. The van der Waals surface area contributed by atoms with Crippen LogP contribution >= 0.6 is 0 Å². The standard InChI is InChI=1S/C14H17N3O2/c15-10-2-3-12-11(6-10)16-13(19-12)17-5-1-4-14(7-17)8-18-9-14/h2-3,6H,1,4-5,7-9,15H2. The number of oxazole rings is 1. The molecule has 0 radical (unpaired) electrons. The molecule has 5 nitrogen and oxygen atoms in total. The molecule has 0 atom stereocenters. The largest absolute Gasteiger partial charge is 0.423 e. The van der Waals surface area contributed by atoms with E-state index >= 15 is 0 Å². The zero-order chi connectivity index (χ0) is 12.9. The van der Waals surface area contributed by atoms with Crippen LogP contribution in [-0.2, 0) is 4.74 Å². The van der Waals surface area contributed by atoms with E-state index in [0.29, 0.717) is 11.4 Å². The second-order valence-corrected chi connectivity index (χ2v) is 5.74. The van der Waals surface area contributed by atoms with Gasteiger partial charge >= 0.3 is 0 Å². The summed E-state index contributed by atoms with van der Waals surface area (Å²) in [5, 5.41) is 0. The Morgan fingerprint density at radius 2 is 2.21 bits per heavy atom. The molecular weight excluding hydrogens is 242 g/mol. The van der Waals surface area contributed by atoms with Crippen molar-refractivity contribution < 1.29 is 9.15 Å². The van der Waals surface area contributed by atoms with Gasteiger partial charge in [0, 0.05) is 24.2 Å². The fraction of sp³-hybridized carbons (Fsp3) is 0.500. The summed E-state index contributed by atoms with van der Waals surface area (Å²) in [5.74, 6) is 0. The predicted molar refractivity (Wildman–Crippen MR) is 73.1 cm³/mol. The Morgan fingerprint density at radius 1 is 1.32 bits per heavy atom. The van der Waals surface area contributed by atoms with Crippen molar-refractivity contribution in [3.05, 3.63) is 18.2 Å². The fourth-order valence-electron chi connectivity index (χ4n) is 3.07. The van der Waals surface area contributed by atoms with Gasteiger partial charge in [0.25, 0.3) is 6.01 Å². The topological polar surface area (TPSA) is 64.5 Å². The summed E-state index contributed by atoms with van der Waals surface area (Å²) in [7, 11) is 0. The normalized spacial score (nSPS) is 21.8. The Bertz CT molecular complexity index is 618.